The summed E-state index contributed by atoms with van der Waals surface area (Å²) in [5, 5.41) is 0. The molecule has 1 unspecified atom stereocenters. The first kappa shape index (κ1) is 23.4. The molecule has 0 aliphatic heterocycles. The number of nitrogens with zero attached hydrogens (tertiary/aromatic N) is 4. The van der Waals surface area contributed by atoms with Crippen molar-refractivity contribution in [3.63, 3.8) is 0 Å². The van der Waals surface area contributed by atoms with Gasteiger partial charge in [-0.2, -0.15) is 0 Å². The molecule has 38 heavy (non-hydrogen) atoms. The second-order valence-electron chi connectivity index (χ2n) is 8.85. The zero-order valence-corrected chi connectivity index (χ0v) is 21.0. The zero-order valence-electron chi connectivity index (χ0n) is 21.0. The zero-order chi connectivity index (χ0) is 26.1. The smallest absolute Gasteiger partial charge is 0.129 e. The highest BCUT2D eigenvalue weighted by Crippen LogP contribution is 2.37. The summed E-state index contributed by atoms with van der Waals surface area (Å²) in [5.74, 6) is 1.90. The summed E-state index contributed by atoms with van der Waals surface area (Å²) >= 11 is 0. The second-order valence-corrected chi connectivity index (χ2v) is 8.85. The molecule has 8 nitrogen and oxygen atoms in total. The van der Waals surface area contributed by atoms with E-state index in [9.17, 15) is 0 Å². The maximum absolute atomic E-state index is 6.71. The monoisotopic (exact) mass is 502 g/mol. The van der Waals surface area contributed by atoms with Crippen LogP contribution in [0, 0.1) is 0 Å². The molecule has 3 heterocycles. The number of rotatable bonds is 7. The highest BCUT2D eigenvalue weighted by Gasteiger charge is 2.23. The fraction of sp³-hybridized carbons (Fsp3) is 0.100. The van der Waals surface area contributed by atoms with Crippen LogP contribution in [0.1, 0.15) is 17.4 Å². The Bertz CT molecular complexity index is 1670. The molecule has 0 aliphatic rings. The number of hydrogen-bond acceptors (Lipinski definition) is 6. The van der Waals surface area contributed by atoms with E-state index >= 15 is 0 Å². The molecular formula is C30H26N6O2. The van der Waals surface area contributed by atoms with Crippen LogP contribution in [0.5, 0.6) is 11.5 Å². The first-order chi connectivity index (χ1) is 18.7. The summed E-state index contributed by atoms with van der Waals surface area (Å²) < 4.78 is 13.1. The molecular weight excluding hydrogens is 476 g/mol. The quantitative estimate of drug-likeness (QED) is 0.297. The number of fused-ring (bicyclic) bond motifs is 1. The highest BCUT2D eigenvalue weighted by molar-refractivity contribution is 5.88. The van der Waals surface area contributed by atoms with E-state index in [0.717, 1.165) is 44.5 Å². The van der Waals surface area contributed by atoms with Crippen LogP contribution in [0.4, 0.5) is 0 Å². The van der Waals surface area contributed by atoms with E-state index in [0.29, 0.717) is 17.3 Å². The number of benzene rings is 3. The molecule has 0 saturated heterocycles. The van der Waals surface area contributed by atoms with Crippen LogP contribution in [0.15, 0.2) is 97.8 Å². The predicted molar refractivity (Wildman–Crippen MR) is 147 cm³/mol. The van der Waals surface area contributed by atoms with E-state index in [4.69, 9.17) is 20.2 Å². The van der Waals surface area contributed by atoms with Gasteiger partial charge < -0.3 is 24.8 Å². The lowest BCUT2D eigenvalue weighted by molar-refractivity contribution is 0.381. The van der Waals surface area contributed by atoms with Gasteiger partial charge in [0.15, 0.2) is 0 Å². The standard InChI is InChI=1S/C30H26N6O2/c1-37-26-4-3-5-27(38-2)28(26)29(31)30-34-23-16-22(25(17-24(23)35-30)36-15-14-33-18-36)21-8-6-19(7-9-21)20-10-12-32-13-11-20/h3-18,29H,31H2,1-2H3,(H,34,35). The van der Waals surface area contributed by atoms with E-state index in [1.807, 2.05) is 41.1 Å². The Labute approximate surface area is 219 Å². The molecule has 0 amide bonds. The fourth-order valence-corrected chi connectivity index (χ4v) is 4.77. The summed E-state index contributed by atoms with van der Waals surface area (Å²) in [7, 11) is 3.24. The Morgan fingerprint density at radius 3 is 2.16 bits per heavy atom. The first-order valence-corrected chi connectivity index (χ1v) is 12.2. The van der Waals surface area contributed by atoms with Crippen molar-refractivity contribution in [2.45, 2.75) is 6.04 Å². The highest BCUT2D eigenvalue weighted by atomic mass is 16.5. The fourth-order valence-electron chi connectivity index (χ4n) is 4.77. The molecule has 8 heteroatoms. The third-order valence-electron chi connectivity index (χ3n) is 6.68. The number of methoxy groups -OCH3 is 2. The van der Waals surface area contributed by atoms with Gasteiger partial charge in [0.1, 0.15) is 17.3 Å². The average molecular weight is 503 g/mol. The van der Waals surface area contributed by atoms with Crippen molar-refractivity contribution in [2.24, 2.45) is 5.73 Å². The molecule has 0 bridgehead atoms. The minimum atomic E-state index is -0.576. The minimum absolute atomic E-state index is 0.576. The number of pyridine rings is 1. The van der Waals surface area contributed by atoms with Crippen LogP contribution in [0.25, 0.3) is 39.0 Å². The first-order valence-electron chi connectivity index (χ1n) is 12.2. The lowest BCUT2D eigenvalue weighted by atomic mass is 9.99. The van der Waals surface area contributed by atoms with Crippen LogP contribution in [-0.2, 0) is 0 Å². The third kappa shape index (κ3) is 4.16. The van der Waals surface area contributed by atoms with Crippen LogP contribution in [-0.4, -0.2) is 38.7 Å². The van der Waals surface area contributed by atoms with E-state index in [1.165, 1.54) is 0 Å². The van der Waals surface area contributed by atoms with Gasteiger partial charge in [0, 0.05) is 30.4 Å². The lowest BCUT2D eigenvalue weighted by Gasteiger charge is -2.17. The number of H-pyrrole nitrogens is 1. The number of nitrogens with one attached hydrogen (secondary N) is 1. The van der Waals surface area contributed by atoms with Crippen molar-refractivity contribution < 1.29 is 9.47 Å². The molecule has 0 saturated carbocycles. The lowest BCUT2D eigenvalue weighted by Crippen LogP contribution is -2.16. The summed E-state index contributed by atoms with van der Waals surface area (Å²) in [5.41, 5.74) is 14.4. The predicted octanol–water partition coefficient (Wildman–Crippen LogP) is 5.54. The maximum atomic E-state index is 6.71. The number of imidazole rings is 2. The van der Waals surface area contributed by atoms with Crippen LogP contribution < -0.4 is 15.2 Å². The number of hydrogen-bond donors (Lipinski definition) is 2. The van der Waals surface area contributed by atoms with E-state index in [2.05, 4.69) is 51.4 Å². The molecule has 6 rings (SSSR count). The molecule has 0 radical (unpaired) electrons. The second kappa shape index (κ2) is 9.84. The SMILES string of the molecule is COc1cccc(OC)c1C(N)c1nc2cc(-n3ccnc3)c(-c3ccc(-c4ccncc4)cc3)cc2[nH]1. The Hall–Kier alpha value is -4.95. The Balaban J connectivity index is 1.46. The Morgan fingerprint density at radius 1 is 0.816 bits per heavy atom. The average Bonchev–Trinajstić information content (AvgIpc) is 3.66. The summed E-state index contributed by atoms with van der Waals surface area (Å²) in [6, 6.07) is 21.7. The number of ether oxygens (including phenoxy) is 2. The van der Waals surface area contributed by atoms with Crippen molar-refractivity contribution in [3.05, 3.63) is 109 Å². The van der Waals surface area contributed by atoms with E-state index in [1.54, 1.807) is 39.1 Å². The van der Waals surface area contributed by atoms with Crippen LogP contribution in [0.2, 0.25) is 0 Å². The van der Waals surface area contributed by atoms with E-state index in [-0.39, 0.29) is 0 Å². The summed E-state index contributed by atoms with van der Waals surface area (Å²) in [4.78, 5) is 16.7. The Kier molecular flexibility index (Phi) is 6.07. The van der Waals surface area contributed by atoms with Crippen LogP contribution in [0.3, 0.4) is 0 Å². The Morgan fingerprint density at radius 2 is 1.50 bits per heavy atom. The van der Waals surface area contributed by atoms with Crippen molar-refractivity contribution in [3.8, 4) is 39.4 Å². The molecule has 3 N–H and O–H groups in total. The molecule has 6 aromatic rings. The van der Waals surface area contributed by atoms with Gasteiger partial charge in [-0.3, -0.25) is 4.98 Å². The third-order valence-corrected chi connectivity index (χ3v) is 6.68. The number of aromatic amines is 1. The normalized spacial score (nSPS) is 12.0. The maximum Gasteiger partial charge on any atom is 0.129 e. The van der Waals surface area contributed by atoms with Crippen molar-refractivity contribution in [2.75, 3.05) is 14.2 Å². The number of aromatic nitrogens is 5. The topological polar surface area (TPSA) is 104 Å². The number of nitrogens with two attached hydrogens (primary N) is 1. The van der Waals surface area contributed by atoms with E-state index < -0.39 is 6.04 Å². The molecule has 3 aromatic heterocycles. The summed E-state index contributed by atoms with van der Waals surface area (Å²) in [6.07, 6.45) is 9.08. The summed E-state index contributed by atoms with van der Waals surface area (Å²) in [6.45, 7) is 0. The van der Waals surface area contributed by atoms with Crippen molar-refractivity contribution in [1.82, 2.24) is 24.5 Å². The molecule has 0 fully saturated rings. The van der Waals surface area contributed by atoms with Gasteiger partial charge in [-0.25, -0.2) is 9.97 Å². The molecule has 3 aromatic carbocycles. The largest absolute Gasteiger partial charge is 0.496 e. The van der Waals surface area contributed by atoms with Gasteiger partial charge in [0.05, 0.1) is 48.9 Å². The van der Waals surface area contributed by atoms with Crippen LogP contribution >= 0.6 is 0 Å². The van der Waals surface area contributed by atoms with Gasteiger partial charge in [0.2, 0.25) is 0 Å². The van der Waals surface area contributed by atoms with Gasteiger partial charge in [-0.15, -0.1) is 0 Å². The van der Waals surface area contributed by atoms with Crippen molar-refractivity contribution in [1.29, 1.82) is 0 Å². The van der Waals surface area contributed by atoms with Crippen molar-refractivity contribution >= 4 is 11.0 Å². The molecule has 0 spiro atoms. The molecule has 0 aliphatic carbocycles. The molecule has 188 valence electrons. The van der Waals surface area contributed by atoms with Gasteiger partial charge in [0.25, 0.3) is 0 Å². The minimum Gasteiger partial charge on any atom is -0.496 e. The molecule has 1 atom stereocenters. The van der Waals surface area contributed by atoms with Gasteiger partial charge >= 0.3 is 0 Å². The van der Waals surface area contributed by atoms with Gasteiger partial charge in [-0.05, 0) is 53.1 Å². The van der Waals surface area contributed by atoms with Gasteiger partial charge in [-0.1, -0.05) is 30.3 Å².